The molecule has 3 amide bonds. The van der Waals surface area contributed by atoms with Crippen LogP contribution in [0.4, 0.5) is 9.18 Å². The molecular weight excluding hydrogens is 359 g/mol. The maximum Gasteiger partial charge on any atom is 0.320 e. The summed E-state index contributed by atoms with van der Waals surface area (Å²) in [6, 6.07) is -0.832. The lowest BCUT2D eigenvalue weighted by molar-refractivity contribution is -0.150. The number of nitrogens with one attached hydrogen (secondary N) is 4. The maximum absolute atomic E-state index is 15.1. The van der Waals surface area contributed by atoms with Gasteiger partial charge < -0.3 is 20.5 Å². The number of rotatable bonds is 1. The van der Waals surface area contributed by atoms with Crippen LogP contribution in [-0.4, -0.2) is 73.2 Å². The number of hydrogen-bond acceptors (Lipinski definition) is 7. The molecule has 8 atom stereocenters. The number of carbonyl (C=O) groups excluding carboxylic acids is 2. The van der Waals surface area contributed by atoms with Crippen molar-refractivity contribution in [3.63, 3.8) is 0 Å². The minimum Gasteiger partial charge on any atom is -0.369 e. The van der Waals surface area contributed by atoms with E-state index in [1.165, 1.54) is 4.90 Å². The maximum atomic E-state index is 15.1. The van der Waals surface area contributed by atoms with Crippen LogP contribution in [0.5, 0.6) is 0 Å². The van der Waals surface area contributed by atoms with Gasteiger partial charge in [-0.05, 0) is 26.2 Å². The zero-order valence-electron chi connectivity index (χ0n) is 15.2. The van der Waals surface area contributed by atoms with Crippen LogP contribution in [0.3, 0.4) is 0 Å². The predicted molar refractivity (Wildman–Crippen MR) is 91.5 cm³/mol. The quantitative estimate of drug-likeness (QED) is 0.370. The summed E-state index contributed by atoms with van der Waals surface area (Å²) in [4.78, 5) is 25.9. The van der Waals surface area contributed by atoms with Gasteiger partial charge in [0.2, 0.25) is 5.91 Å². The lowest BCUT2D eigenvalue weighted by atomic mass is 9.92. The minimum atomic E-state index is -1.47. The van der Waals surface area contributed by atoms with Gasteiger partial charge in [-0.1, -0.05) is 0 Å². The van der Waals surface area contributed by atoms with Crippen LogP contribution in [0.1, 0.15) is 26.2 Å². The summed E-state index contributed by atoms with van der Waals surface area (Å²) >= 11 is 0. The van der Waals surface area contributed by atoms with Crippen molar-refractivity contribution in [1.29, 1.82) is 0 Å². The third kappa shape index (κ3) is 3.49. The van der Waals surface area contributed by atoms with Crippen LogP contribution < -0.4 is 27.0 Å². The molecule has 4 heterocycles. The van der Waals surface area contributed by atoms with E-state index in [9.17, 15) is 9.59 Å². The fourth-order valence-electron chi connectivity index (χ4n) is 4.38. The highest BCUT2D eigenvalue weighted by molar-refractivity contribution is 5.79. The SMILES string of the molecule is C[C@H]1CCCOC2NCNC3NC(=O)N(C4NC(O1)C(C(N)=O)CC4F)C32. The molecule has 4 aliphatic rings. The number of primary amides is 1. The highest BCUT2D eigenvalue weighted by atomic mass is 19.1. The summed E-state index contributed by atoms with van der Waals surface area (Å²) in [6.07, 6.45) is -2.71. The lowest BCUT2D eigenvalue weighted by Crippen LogP contribution is -2.70. The smallest absolute Gasteiger partial charge is 0.320 e. The minimum absolute atomic E-state index is 0.0993. The van der Waals surface area contributed by atoms with Crippen LogP contribution in [-0.2, 0) is 14.3 Å². The molecule has 0 aromatic rings. The molecule has 0 spiro atoms. The molecular formula is C16H27FN6O4. The van der Waals surface area contributed by atoms with Gasteiger partial charge in [0, 0.05) is 13.3 Å². The molecule has 4 fully saturated rings. The van der Waals surface area contributed by atoms with Crippen molar-refractivity contribution in [3.05, 3.63) is 0 Å². The average Bonchev–Trinajstić information content (AvgIpc) is 2.95. The third-order valence-corrected chi connectivity index (χ3v) is 5.73. The van der Waals surface area contributed by atoms with Gasteiger partial charge in [-0.15, -0.1) is 0 Å². The molecule has 152 valence electrons. The van der Waals surface area contributed by atoms with Gasteiger partial charge in [-0.25, -0.2) is 9.18 Å². The van der Waals surface area contributed by atoms with Gasteiger partial charge in [0.1, 0.15) is 37.0 Å². The molecule has 7 unspecified atom stereocenters. The van der Waals surface area contributed by atoms with Gasteiger partial charge in [0.05, 0.1) is 12.0 Å². The van der Waals surface area contributed by atoms with E-state index in [1.807, 2.05) is 6.92 Å². The molecule has 0 aromatic heterocycles. The fraction of sp³-hybridized carbons (Fsp3) is 0.875. The molecule has 0 radical (unpaired) electrons. The summed E-state index contributed by atoms with van der Waals surface area (Å²) in [5.74, 6) is -1.41. The summed E-state index contributed by atoms with van der Waals surface area (Å²) in [7, 11) is 0. The van der Waals surface area contributed by atoms with E-state index in [2.05, 4.69) is 21.3 Å². The first-order chi connectivity index (χ1) is 13.0. The van der Waals surface area contributed by atoms with Crippen LogP contribution in [0.15, 0.2) is 0 Å². The molecule has 4 aliphatic heterocycles. The molecule has 4 rings (SSSR count). The van der Waals surface area contributed by atoms with E-state index < -0.39 is 48.7 Å². The van der Waals surface area contributed by atoms with E-state index in [0.717, 1.165) is 12.8 Å². The Morgan fingerprint density at radius 1 is 1.33 bits per heavy atom. The lowest BCUT2D eigenvalue weighted by Gasteiger charge is -2.46. The van der Waals surface area contributed by atoms with E-state index in [-0.39, 0.29) is 18.7 Å². The van der Waals surface area contributed by atoms with Crippen LogP contribution >= 0.6 is 0 Å². The first-order valence-electron chi connectivity index (χ1n) is 9.48. The third-order valence-electron chi connectivity index (χ3n) is 5.73. The van der Waals surface area contributed by atoms with E-state index in [4.69, 9.17) is 15.2 Å². The Morgan fingerprint density at radius 2 is 2.15 bits per heavy atom. The number of urea groups is 1. The Bertz CT molecular complexity index is 597. The van der Waals surface area contributed by atoms with Gasteiger partial charge in [-0.2, -0.15) is 0 Å². The summed E-state index contributed by atoms with van der Waals surface area (Å²) in [5.41, 5.74) is 5.48. The zero-order chi connectivity index (χ0) is 19.1. The monoisotopic (exact) mass is 386 g/mol. The molecule has 0 aromatic carbocycles. The van der Waals surface area contributed by atoms with Crippen LogP contribution in [0, 0.1) is 5.92 Å². The first-order valence-corrected chi connectivity index (χ1v) is 9.48. The number of nitrogens with zero attached hydrogens (tertiary/aromatic N) is 1. The van der Waals surface area contributed by atoms with Crippen LogP contribution in [0.2, 0.25) is 0 Å². The molecule has 4 saturated heterocycles. The normalized spacial score (nSPS) is 45.3. The first kappa shape index (κ1) is 18.8. The fourth-order valence-corrected chi connectivity index (χ4v) is 4.38. The molecule has 6 N–H and O–H groups in total. The number of hydrogen-bond donors (Lipinski definition) is 5. The molecule has 27 heavy (non-hydrogen) atoms. The second kappa shape index (κ2) is 7.47. The van der Waals surface area contributed by atoms with Crippen molar-refractivity contribution in [2.75, 3.05) is 13.3 Å². The van der Waals surface area contributed by atoms with Crippen molar-refractivity contribution in [1.82, 2.24) is 26.2 Å². The second-order valence-electron chi connectivity index (χ2n) is 7.58. The van der Waals surface area contributed by atoms with Gasteiger partial charge in [0.25, 0.3) is 0 Å². The number of carbonyl (C=O) groups is 2. The van der Waals surface area contributed by atoms with Crippen molar-refractivity contribution in [2.24, 2.45) is 11.7 Å². The Balaban J connectivity index is 1.66. The molecule has 2 bridgehead atoms. The van der Waals surface area contributed by atoms with Crippen molar-refractivity contribution in [2.45, 2.75) is 69.3 Å². The summed E-state index contributed by atoms with van der Waals surface area (Å²) < 4.78 is 27.0. The zero-order valence-corrected chi connectivity index (χ0v) is 15.2. The molecule has 0 saturated carbocycles. The number of piperidine rings is 1. The standard InChI is InChI=1S/C16H27FN6O4/c1-7-3-2-4-26-15-10-12(19-6-20-15)21-16(25)23(10)13-9(17)5-8(11(18)24)14(22-13)27-7/h7-10,12-15,19-20,22H,2-6H2,1H3,(H2,18,24)(H,21,25)/t7-,8?,9?,10?,12?,13?,14?,15?/m0/s1. The highest BCUT2D eigenvalue weighted by Crippen LogP contribution is 2.31. The van der Waals surface area contributed by atoms with Crippen molar-refractivity contribution >= 4 is 11.9 Å². The second-order valence-corrected chi connectivity index (χ2v) is 7.58. The number of nitrogens with two attached hydrogens (primary N) is 1. The largest absolute Gasteiger partial charge is 0.369 e. The number of halogens is 1. The number of alkyl halides is 1. The van der Waals surface area contributed by atoms with Gasteiger partial charge >= 0.3 is 6.03 Å². The van der Waals surface area contributed by atoms with E-state index in [1.54, 1.807) is 0 Å². The Hall–Kier alpha value is -1.53. The molecule has 11 heteroatoms. The van der Waals surface area contributed by atoms with Gasteiger partial charge in [0.15, 0.2) is 0 Å². The number of ether oxygens (including phenoxy) is 2. The highest BCUT2D eigenvalue weighted by Gasteiger charge is 2.54. The number of amides is 3. The summed E-state index contributed by atoms with van der Waals surface area (Å²) in [5, 5.41) is 12.2. The van der Waals surface area contributed by atoms with Crippen molar-refractivity contribution in [3.8, 4) is 0 Å². The summed E-state index contributed by atoms with van der Waals surface area (Å²) in [6.45, 7) is 2.85. The predicted octanol–water partition coefficient (Wildman–Crippen LogP) is -1.52. The molecule has 10 nitrogen and oxygen atoms in total. The Morgan fingerprint density at radius 3 is 2.93 bits per heavy atom. The Kier molecular flexibility index (Phi) is 5.21. The average molecular weight is 386 g/mol. The van der Waals surface area contributed by atoms with E-state index >= 15 is 4.39 Å². The van der Waals surface area contributed by atoms with Crippen LogP contribution in [0.25, 0.3) is 0 Å². The van der Waals surface area contributed by atoms with Crippen molar-refractivity contribution < 1.29 is 23.5 Å². The Labute approximate surface area is 156 Å². The van der Waals surface area contributed by atoms with E-state index in [0.29, 0.717) is 13.3 Å². The van der Waals surface area contributed by atoms with Gasteiger partial charge in [-0.3, -0.25) is 25.6 Å². The number of fused-ring (bicyclic) bond motifs is 3. The molecule has 0 aliphatic carbocycles. The topological polar surface area (TPSA) is 130 Å².